The van der Waals surface area contributed by atoms with Crippen molar-refractivity contribution in [2.24, 2.45) is 9.98 Å². The first kappa shape index (κ1) is 31.3. The Morgan fingerprint density at radius 3 is 1.87 bits per heavy atom. The minimum Gasteiger partial charge on any atom is -0.309 e. The number of carbonyl (C=O) groups excluding carboxylic acids is 2. The fourth-order valence-corrected chi connectivity index (χ4v) is 13.6. The molecule has 2 saturated heterocycles. The molecule has 0 N–H and O–H groups in total. The van der Waals surface area contributed by atoms with Crippen molar-refractivity contribution in [3.8, 4) is 21.9 Å². The van der Waals surface area contributed by atoms with Crippen LogP contribution in [0.1, 0.15) is 38.8 Å². The van der Waals surface area contributed by atoms with Gasteiger partial charge in [-0.1, -0.05) is 37.4 Å². The van der Waals surface area contributed by atoms with E-state index in [0.717, 1.165) is 43.4 Å². The molecule has 4 aromatic heterocycles. The van der Waals surface area contributed by atoms with Crippen molar-refractivity contribution in [2.75, 3.05) is 13.1 Å². The molecule has 16 heteroatoms. The molecule has 0 aromatic carbocycles. The zero-order chi connectivity index (χ0) is 33.4. The molecule has 2 fully saturated rings. The summed E-state index contributed by atoms with van der Waals surface area (Å²) >= 11 is 8.64. The van der Waals surface area contributed by atoms with E-state index in [1.54, 1.807) is 36.5 Å². The van der Waals surface area contributed by atoms with Gasteiger partial charge in [-0.25, -0.2) is 30.2 Å². The average molecular weight is 727 g/mol. The highest BCUT2D eigenvalue weighted by atomic mass is 32.2. The van der Waals surface area contributed by atoms with Gasteiger partial charge in [-0.15, -0.1) is 45.3 Å². The molecule has 7 rings (SSSR count). The molecule has 6 heterocycles. The monoisotopic (exact) mass is 726 g/mol. The van der Waals surface area contributed by atoms with Crippen LogP contribution in [0.5, 0.6) is 0 Å². The van der Waals surface area contributed by atoms with E-state index < -0.39 is 0 Å². The van der Waals surface area contributed by atoms with Gasteiger partial charge in [-0.05, 0) is 37.1 Å². The lowest BCUT2D eigenvalue weighted by molar-refractivity contribution is -0.121. The number of fused-ring (bicyclic) bond motifs is 7. The van der Waals surface area contributed by atoms with Crippen LogP contribution in [0, 0.1) is 35.8 Å². The highest BCUT2D eigenvalue weighted by Crippen LogP contribution is 2.62. The normalized spacial score (nSPS) is 20.6. The van der Waals surface area contributed by atoms with E-state index in [0.29, 0.717) is 33.1 Å². The number of allylic oxidation sites excluding steroid dienone is 2. The Bertz CT molecular complexity index is 2390. The van der Waals surface area contributed by atoms with Crippen molar-refractivity contribution in [2.45, 2.75) is 33.1 Å². The molecular weight excluding hydrogens is 709 g/mol. The van der Waals surface area contributed by atoms with E-state index in [9.17, 15) is 20.1 Å². The minimum atomic E-state index is -0.309. The number of carbonyl (C=O) groups is 2. The van der Waals surface area contributed by atoms with E-state index in [2.05, 4.69) is 28.5 Å². The summed E-state index contributed by atoms with van der Waals surface area (Å²) in [5.41, 5.74) is 1.91. The quantitative estimate of drug-likeness (QED) is 0.153. The summed E-state index contributed by atoms with van der Waals surface area (Å²) < 4.78 is 4.60. The maximum Gasteiger partial charge on any atom is 0.291 e. The lowest BCUT2D eigenvalue weighted by Crippen LogP contribution is -2.26. The first-order valence-electron chi connectivity index (χ1n) is 13.9. The van der Waals surface area contributed by atoms with Gasteiger partial charge in [-0.3, -0.25) is 9.59 Å². The van der Waals surface area contributed by atoms with Gasteiger partial charge in [0.25, 0.3) is 23.2 Å². The summed E-state index contributed by atoms with van der Waals surface area (Å²) in [6.07, 6.45) is 0. The molecule has 2 amide bonds. The second kappa shape index (κ2) is 11.5. The molecule has 0 spiro atoms. The standard InChI is InChI=1S/C31H18N8O2S6/c1-7-38-27(40)25(46-29(38)14(11-32)34-5)36-17-9-13-20(43-17)22-19(31(13,3)4)23-24(45-22)21-16(42-23)10-18(44-21)37-26-28(41)39(8-2)30(47-26)15(12-33)35-6/h9-10H,7-8H2,1-4H3/b29-14+,30-15-,36-25?,37-26?. The van der Waals surface area contributed by atoms with Crippen LogP contribution in [0.2, 0.25) is 0 Å². The average Bonchev–Trinajstić information content (AvgIpc) is 3.89. The van der Waals surface area contributed by atoms with Crippen LogP contribution in [-0.2, 0) is 15.0 Å². The van der Waals surface area contributed by atoms with Crippen LogP contribution >= 0.6 is 68.9 Å². The van der Waals surface area contributed by atoms with Gasteiger partial charge in [0.2, 0.25) is 0 Å². The molecule has 2 aliphatic heterocycles. The Kier molecular flexibility index (Phi) is 7.64. The van der Waals surface area contributed by atoms with Crippen LogP contribution in [-0.4, -0.2) is 44.8 Å². The van der Waals surface area contributed by atoms with Crippen molar-refractivity contribution in [1.82, 2.24) is 9.80 Å². The molecule has 3 aliphatic rings. The van der Waals surface area contributed by atoms with Crippen molar-refractivity contribution in [3.63, 3.8) is 0 Å². The smallest absolute Gasteiger partial charge is 0.291 e. The van der Waals surface area contributed by atoms with Crippen LogP contribution in [0.4, 0.5) is 10.0 Å². The highest BCUT2D eigenvalue weighted by molar-refractivity contribution is 8.20. The van der Waals surface area contributed by atoms with Crippen LogP contribution in [0.3, 0.4) is 0 Å². The Hall–Kier alpha value is -4.26. The molecule has 1 aliphatic carbocycles. The van der Waals surface area contributed by atoms with Gasteiger partial charge in [0, 0.05) is 23.2 Å². The van der Waals surface area contributed by atoms with Crippen molar-refractivity contribution in [1.29, 1.82) is 10.5 Å². The van der Waals surface area contributed by atoms with E-state index in [1.807, 2.05) is 24.3 Å². The lowest BCUT2D eigenvalue weighted by Gasteiger charge is -2.19. The van der Waals surface area contributed by atoms with E-state index in [4.69, 9.17) is 18.1 Å². The predicted octanol–water partition coefficient (Wildman–Crippen LogP) is 9.02. The number of amides is 2. The maximum absolute atomic E-state index is 13.1. The number of aliphatic imine (C=N–C) groups is 2. The van der Waals surface area contributed by atoms with Gasteiger partial charge >= 0.3 is 0 Å². The number of nitrogens with zero attached hydrogens (tertiary/aromatic N) is 8. The Morgan fingerprint density at radius 1 is 0.809 bits per heavy atom. The molecule has 0 radical (unpaired) electrons. The molecular formula is C31H18N8O2S6. The Labute approximate surface area is 293 Å². The molecule has 10 nitrogen and oxygen atoms in total. The second-order valence-electron chi connectivity index (χ2n) is 10.7. The number of rotatable bonds is 4. The summed E-state index contributed by atoms with van der Waals surface area (Å²) in [5.74, 6) is -0.616. The predicted molar refractivity (Wildman–Crippen MR) is 193 cm³/mol. The van der Waals surface area contributed by atoms with Gasteiger partial charge in [0.05, 0.1) is 49.1 Å². The highest BCUT2D eigenvalue weighted by Gasteiger charge is 2.43. The maximum atomic E-state index is 13.1. The zero-order valence-electron chi connectivity index (χ0n) is 24.9. The van der Waals surface area contributed by atoms with Crippen LogP contribution < -0.4 is 0 Å². The van der Waals surface area contributed by atoms with Crippen LogP contribution in [0.25, 0.3) is 38.2 Å². The molecule has 0 bridgehead atoms. The molecule has 4 aromatic rings. The Morgan fingerprint density at radius 2 is 1.36 bits per heavy atom. The summed E-state index contributed by atoms with van der Waals surface area (Å²) in [5, 5.41) is 21.3. The summed E-state index contributed by atoms with van der Waals surface area (Å²) in [6.45, 7) is 23.3. The molecule has 0 saturated carbocycles. The fourth-order valence-electron chi connectivity index (χ4n) is 5.66. The summed E-state index contributed by atoms with van der Waals surface area (Å²) in [7, 11) is 0. The first-order valence-corrected chi connectivity index (χ1v) is 18.8. The zero-order valence-corrected chi connectivity index (χ0v) is 29.8. The second-order valence-corrected chi connectivity index (χ2v) is 16.8. The largest absolute Gasteiger partial charge is 0.309 e. The minimum absolute atomic E-state index is 0.116. The van der Waals surface area contributed by atoms with Crippen molar-refractivity contribution >= 4 is 120 Å². The van der Waals surface area contributed by atoms with Gasteiger partial charge in [-0.2, -0.15) is 0 Å². The molecule has 230 valence electrons. The Balaban J connectivity index is 1.26. The lowest BCUT2D eigenvalue weighted by atomic mass is 9.84. The van der Waals surface area contributed by atoms with Crippen LogP contribution in [0.15, 0.2) is 43.6 Å². The first-order chi connectivity index (χ1) is 22.6. The van der Waals surface area contributed by atoms with Crippen molar-refractivity contribution in [3.05, 3.63) is 67.5 Å². The topological polar surface area (TPSA) is 122 Å². The molecule has 0 unspecified atom stereocenters. The number of nitriles is 2. The molecule has 47 heavy (non-hydrogen) atoms. The van der Waals surface area contributed by atoms with Gasteiger partial charge < -0.3 is 9.80 Å². The number of thiophene rings is 4. The van der Waals surface area contributed by atoms with Crippen molar-refractivity contribution < 1.29 is 9.59 Å². The third-order valence-electron chi connectivity index (χ3n) is 7.82. The van der Waals surface area contributed by atoms with Gasteiger partial charge in [0.15, 0.2) is 10.1 Å². The van der Waals surface area contributed by atoms with Gasteiger partial charge in [0.1, 0.15) is 20.1 Å². The SMILES string of the molecule is [C-]#[N+]/C(C#N)=C1\SC(=Nc2cc3sc4c5c(sc4c3s2)-c2sc(N=C3S/C(=C(\C#N)[N+]#[C-])N(CC)C3=O)cc2C5(C)C)C(=O)N1CC. The summed E-state index contributed by atoms with van der Waals surface area (Å²) in [4.78, 5) is 47.3. The third kappa shape index (κ3) is 4.60. The number of hydrogen-bond acceptors (Lipinski definition) is 12. The van der Waals surface area contributed by atoms with E-state index >= 15 is 0 Å². The third-order valence-corrected chi connectivity index (χ3v) is 14.9. The van der Waals surface area contributed by atoms with E-state index in [1.165, 1.54) is 52.3 Å². The molecule has 0 atom stereocenters. The fraction of sp³-hybridized carbons (Fsp3) is 0.226. The summed E-state index contributed by atoms with van der Waals surface area (Å²) in [6, 6.07) is 7.82. The number of thioether (sulfide) groups is 2. The number of hydrogen-bond donors (Lipinski definition) is 0. The van der Waals surface area contributed by atoms with E-state index in [-0.39, 0.29) is 38.7 Å².